The minimum atomic E-state index is -0.676. The number of nitro groups is 1. The molecule has 2 aromatic heterocycles. The standard InChI is InChI=1S/C16H8BrN3O4S/c17-9-5-8(14(21)12(7-9)20(23)24)6-13-15(22)19-11-4-2-1-3-10(11)18-16(19)25-13/h1-7,21H. The van der Waals surface area contributed by atoms with E-state index in [2.05, 4.69) is 20.9 Å². The number of nitrogens with zero attached hydrogens (tertiary/aromatic N) is 3. The van der Waals surface area contributed by atoms with Crippen LogP contribution in [0.3, 0.4) is 0 Å². The van der Waals surface area contributed by atoms with Gasteiger partial charge in [0.25, 0.3) is 5.56 Å². The first kappa shape index (κ1) is 15.7. The lowest BCUT2D eigenvalue weighted by Crippen LogP contribution is -2.22. The number of para-hydroxylation sites is 2. The monoisotopic (exact) mass is 417 g/mol. The number of aromatic hydroxyl groups is 1. The molecular formula is C16H8BrN3O4S. The highest BCUT2D eigenvalue weighted by atomic mass is 79.9. The van der Waals surface area contributed by atoms with Gasteiger partial charge >= 0.3 is 5.69 Å². The molecule has 1 N–H and O–H groups in total. The number of hydrogen-bond acceptors (Lipinski definition) is 6. The highest BCUT2D eigenvalue weighted by Gasteiger charge is 2.18. The van der Waals surface area contributed by atoms with E-state index >= 15 is 0 Å². The van der Waals surface area contributed by atoms with Gasteiger partial charge in [-0.25, -0.2) is 9.38 Å². The molecule has 124 valence electrons. The maximum absolute atomic E-state index is 12.7. The molecule has 0 saturated carbocycles. The average molecular weight is 418 g/mol. The van der Waals surface area contributed by atoms with E-state index in [1.807, 2.05) is 18.2 Å². The summed E-state index contributed by atoms with van der Waals surface area (Å²) >= 11 is 4.34. The molecular weight excluding hydrogens is 410 g/mol. The molecule has 0 aliphatic heterocycles. The number of fused-ring (bicyclic) bond motifs is 3. The molecule has 0 unspecified atom stereocenters. The van der Waals surface area contributed by atoms with Gasteiger partial charge in [0.05, 0.1) is 20.5 Å². The van der Waals surface area contributed by atoms with Gasteiger partial charge in [0.2, 0.25) is 5.75 Å². The molecule has 2 aromatic carbocycles. The van der Waals surface area contributed by atoms with E-state index in [0.29, 0.717) is 19.5 Å². The number of thiazole rings is 1. The number of phenolic OH excluding ortho intramolecular Hbond substituents is 1. The maximum Gasteiger partial charge on any atom is 0.312 e. The summed E-state index contributed by atoms with van der Waals surface area (Å²) in [7, 11) is 0. The molecule has 25 heavy (non-hydrogen) atoms. The molecule has 0 amide bonds. The van der Waals surface area contributed by atoms with Crippen LogP contribution in [0.4, 0.5) is 5.69 Å². The summed E-state index contributed by atoms with van der Waals surface area (Å²) < 4.78 is 2.26. The number of halogens is 1. The minimum Gasteiger partial charge on any atom is -0.502 e. The third-order valence-electron chi connectivity index (χ3n) is 3.71. The van der Waals surface area contributed by atoms with Gasteiger partial charge in [-0.05, 0) is 24.3 Å². The minimum absolute atomic E-state index is 0.187. The fourth-order valence-electron chi connectivity index (χ4n) is 2.61. The summed E-state index contributed by atoms with van der Waals surface area (Å²) in [6, 6.07) is 10.0. The first-order valence-electron chi connectivity index (χ1n) is 7.04. The van der Waals surface area contributed by atoms with Crippen LogP contribution < -0.4 is 10.1 Å². The van der Waals surface area contributed by atoms with Crippen molar-refractivity contribution >= 4 is 55.0 Å². The smallest absolute Gasteiger partial charge is 0.312 e. The van der Waals surface area contributed by atoms with Gasteiger partial charge in [0, 0.05) is 16.1 Å². The van der Waals surface area contributed by atoms with Crippen molar-refractivity contribution in [2.45, 2.75) is 0 Å². The highest BCUT2D eigenvalue weighted by molar-refractivity contribution is 9.10. The first-order valence-corrected chi connectivity index (χ1v) is 8.65. The number of nitro benzene ring substituents is 1. The lowest BCUT2D eigenvalue weighted by atomic mass is 10.1. The lowest BCUT2D eigenvalue weighted by Gasteiger charge is -2.01. The maximum atomic E-state index is 12.7. The third kappa shape index (κ3) is 2.48. The Labute approximate surface area is 151 Å². The van der Waals surface area contributed by atoms with Crippen molar-refractivity contribution in [3.8, 4) is 5.75 Å². The van der Waals surface area contributed by atoms with Gasteiger partial charge in [-0.2, -0.15) is 0 Å². The van der Waals surface area contributed by atoms with Crippen LogP contribution in [0.5, 0.6) is 5.75 Å². The molecule has 0 aliphatic carbocycles. The Balaban J connectivity index is 2.01. The number of phenols is 1. The number of imidazole rings is 1. The van der Waals surface area contributed by atoms with Crippen LogP contribution in [0.2, 0.25) is 0 Å². The van der Waals surface area contributed by atoms with Crippen molar-refractivity contribution in [2.24, 2.45) is 0 Å². The Morgan fingerprint density at radius 2 is 2.08 bits per heavy atom. The van der Waals surface area contributed by atoms with E-state index in [4.69, 9.17) is 0 Å². The van der Waals surface area contributed by atoms with Crippen LogP contribution in [0.15, 0.2) is 45.7 Å². The highest BCUT2D eigenvalue weighted by Crippen LogP contribution is 2.33. The zero-order valence-corrected chi connectivity index (χ0v) is 14.7. The Morgan fingerprint density at radius 1 is 1.32 bits per heavy atom. The molecule has 4 rings (SSSR count). The lowest BCUT2D eigenvalue weighted by molar-refractivity contribution is -0.385. The normalized spacial score (nSPS) is 12.3. The van der Waals surface area contributed by atoms with Crippen molar-refractivity contribution in [3.05, 3.63) is 71.4 Å². The molecule has 4 aromatic rings. The summed E-state index contributed by atoms with van der Waals surface area (Å²) in [6.45, 7) is 0. The SMILES string of the molecule is O=c1c(=Cc2cc(Br)cc([N+](=O)[O-])c2O)sc2nc3ccccc3n12. The summed E-state index contributed by atoms with van der Waals surface area (Å²) in [4.78, 5) is 28.0. The molecule has 0 atom stereocenters. The van der Waals surface area contributed by atoms with E-state index < -0.39 is 16.4 Å². The van der Waals surface area contributed by atoms with Crippen LogP contribution >= 0.6 is 27.3 Å². The second-order valence-corrected chi connectivity index (χ2v) is 7.18. The Hall–Kier alpha value is -2.78. The zero-order valence-electron chi connectivity index (χ0n) is 12.3. The van der Waals surface area contributed by atoms with Crippen LogP contribution in [-0.2, 0) is 0 Å². The molecule has 0 saturated heterocycles. The van der Waals surface area contributed by atoms with E-state index in [-0.39, 0.29) is 11.1 Å². The van der Waals surface area contributed by atoms with Crippen molar-refractivity contribution in [1.29, 1.82) is 0 Å². The number of benzene rings is 2. The van der Waals surface area contributed by atoms with Gasteiger partial charge < -0.3 is 5.11 Å². The fourth-order valence-corrected chi connectivity index (χ4v) is 4.05. The second-order valence-electron chi connectivity index (χ2n) is 5.25. The molecule has 0 fully saturated rings. The summed E-state index contributed by atoms with van der Waals surface area (Å²) in [5.74, 6) is -0.483. The molecule has 0 radical (unpaired) electrons. The zero-order chi connectivity index (χ0) is 17.7. The van der Waals surface area contributed by atoms with Gasteiger partial charge in [-0.1, -0.05) is 39.4 Å². The van der Waals surface area contributed by atoms with Crippen molar-refractivity contribution in [3.63, 3.8) is 0 Å². The molecule has 9 heteroatoms. The Bertz CT molecular complexity index is 1280. The van der Waals surface area contributed by atoms with Crippen LogP contribution in [0.25, 0.3) is 22.1 Å². The molecule has 0 bridgehead atoms. The van der Waals surface area contributed by atoms with E-state index in [1.54, 1.807) is 6.07 Å². The third-order valence-corrected chi connectivity index (χ3v) is 5.14. The van der Waals surface area contributed by atoms with E-state index in [9.17, 15) is 20.0 Å². The quantitative estimate of drug-likeness (QED) is 0.399. The average Bonchev–Trinajstić information content (AvgIpc) is 3.07. The molecule has 0 aliphatic rings. The van der Waals surface area contributed by atoms with E-state index in [1.165, 1.54) is 22.6 Å². The van der Waals surface area contributed by atoms with Crippen LogP contribution in [0.1, 0.15) is 5.56 Å². The fraction of sp³-hybridized carbons (Fsp3) is 0. The van der Waals surface area contributed by atoms with Crippen LogP contribution in [0, 0.1) is 10.1 Å². The molecule has 7 nitrogen and oxygen atoms in total. The summed E-state index contributed by atoms with van der Waals surface area (Å²) in [5, 5.41) is 21.1. The van der Waals surface area contributed by atoms with Gasteiger partial charge in [0.15, 0.2) is 4.96 Å². The molecule has 2 heterocycles. The van der Waals surface area contributed by atoms with Crippen LogP contribution in [-0.4, -0.2) is 19.4 Å². The predicted molar refractivity (Wildman–Crippen MR) is 98.1 cm³/mol. The summed E-state index contributed by atoms with van der Waals surface area (Å²) in [5.41, 5.74) is 0.892. The Kier molecular flexibility index (Phi) is 3.55. The van der Waals surface area contributed by atoms with Crippen molar-refractivity contribution < 1.29 is 10.0 Å². The van der Waals surface area contributed by atoms with Gasteiger partial charge in [-0.3, -0.25) is 14.9 Å². The van der Waals surface area contributed by atoms with Gasteiger partial charge in [-0.15, -0.1) is 0 Å². The number of rotatable bonds is 2. The molecule has 0 spiro atoms. The second kappa shape index (κ2) is 5.64. The van der Waals surface area contributed by atoms with Crippen molar-refractivity contribution in [1.82, 2.24) is 9.38 Å². The van der Waals surface area contributed by atoms with Crippen molar-refractivity contribution in [2.75, 3.05) is 0 Å². The van der Waals surface area contributed by atoms with Gasteiger partial charge in [0.1, 0.15) is 0 Å². The van der Waals surface area contributed by atoms with E-state index in [0.717, 1.165) is 16.9 Å². The predicted octanol–water partition coefficient (Wildman–Crippen LogP) is 2.83. The first-order chi connectivity index (χ1) is 12.0. The topological polar surface area (TPSA) is 97.7 Å². The largest absolute Gasteiger partial charge is 0.502 e. The number of aromatic nitrogens is 2. The number of hydrogen-bond donors (Lipinski definition) is 1. The summed E-state index contributed by atoms with van der Waals surface area (Å²) in [6.07, 6.45) is 1.43. The Morgan fingerprint density at radius 3 is 2.84 bits per heavy atom.